The monoisotopic (exact) mass is 218 g/mol. The highest BCUT2D eigenvalue weighted by atomic mass is 19.1. The van der Waals surface area contributed by atoms with Crippen molar-refractivity contribution >= 4 is 0 Å². The summed E-state index contributed by atoms with van der Waals surface area (Å²) in [5.74, 6) is 0.629. The molecule has 0 spiro atoms. The third kappa shape index (κ3) is 2.55. The van der Waals surface area contributed by atoms with Crippen molar-refractivity contribution in [3.05, 3.63) is 54.0 Å². The summed E-state index contributed by atoms with van der Waals surface area (Å²) in [5.41, 5.74) is 6.50. The van der Waals surface area contributed by atoms with Crippen molar-refractivity contribution in [1.29, 1.82) is 0 Å². The number of rotatable bonds is 3. The fourth-order valence-corrected chi connectivity index (χ4v) is 1.24. The maximum Gasteiger partial charge on any atom is 0.219 e. The average molecular weight is 218 g/mol. The van der Waals surface area contributed by atoms with Crippen molar-refractivity contribution in [1.82, 2.24) is 4.98 Å². The van der Waals surface area contributed by atoms with E-state index in [1.807, 2.05) is 12.1 Å². The van der Waals surface area contributed by atoms with E-state index in [0.717, 1.165) is 11.8 Å². The van der Waals surface area contributed by atoms with Gasteiger partial charge in [0.1, 0.15) is 11.6 Å². The summed E-state index contributed by atoms with van der Waals surface area (Å²) < 4.78 is 18.0. The number of halogens is 1. The molecule has 0 radical (unpaired) electrons. The van der Waals surface area contributed by atoms with E-state index < -0.39 is 0 Å². The smallest absolute Gasteiger partial charge is 0.219 e. The molecule has 0 aliphatic heterocycles. The van der Waals surface area contributed by atoms with Crippen LogP contribution >= 0.6 is 0 Å². The van der Waals surface area contributed by atoms with Gasteiger partial charge in [-0.1, -0.05) is 12.1 Å². The fourth-order valence-electron chi connectivity index (χ4n) is 1.24. The molecule has 2 rings (SSSR count). The highest BCUT2D eigenvalue weighted by Gasteiger charge is 1.98. The first kappa shape index (κ1) is 10.6. The van der Waals surface area contributed by atoms with Crippen LogP contribution in [0.1, 0.15) is 5.56 Å². The zero-order valence-electron chi connectivity index (χ0n) is 8.56. The van der Waals surface area contributed by atoms with Crippen molar-refractivity contribution in [3.63, 3.8) is 0 Å². The maximum absolute atomic E-state index is 12.6. The Morgan fingerprint density at radius 3 is 2.44 bits per heavy atom. The van der Waals surface area contributed by atoms with Crippen LogP contribution in [0.5, 0.6) is 11.6 Å². The molecule has 1 heterocycles. The molecule has 4 heteroatoms. The molecule has 0 amide bonds. The average Bonchev–Trinajstić information content (AvgIpc) is 2.33. The topological polar surface area (TPSA) is 48.1 Å². The van der Waals surface area contributed by atoms with Crippen molar-refractivity contribution in [2.45, 2.75) is 6.54 Å². The maximum atomic E-state index is 12.6. The van der Waals surface area contributed by atoms with Crippen LogP contribution in [-0.2, 0) is 6.54 Å². The lowest BCUT2D eigenvalue weighted by atomic mass is 10.2. The van der Waals surface area contributed by atoms with E-state index in [1.54, 1.807) is 12.1 Å². The molecule has 0 atom stereocenters. The summed E-state index contributed by atoms with van der Waals surface area (Å²) in [5, 5.41) is 0. The lowest BCUT2D eigenvalue weighted by Gasteiger charge is -2.04. The molecule has 0 saturated carbocycles. The summed E-state index contributed by atoms with van der Waals surface area (Å²) in [7, 11) is 0. The molecule has 0 bridgehead atoms. The first-order valence-electron chi connectivity index (χ1n) is 4.86. The zero-order chi connectivity index (χ0) is 11.4. The van der Waals surface area contributed by atoms with Crippen LogP contribution in [0, 0.1) is 5.82 Å². The van der Waals surface area contributed by atoms with Gasteiger partial charge < -0.3 is 10.5 Å². The predicted octanol–water partition coefficient (Wildman–Crippen LogP) is 2.47. The second-order valence-corrected chi connectivity index (χ2v) is 3.26. The quantitative estimate of drug-likeness (QED) is 0.860. The Balaban J connectivity index is 2.11. The fraction of sp³-hybridized carbons (Fsp3) is 0.0833. The van der Waals surface area contributed by atoms with Crippen LogP contribution < -0.4 is 10.5 Å². The minimum Gasteiger partial charge on any atom is -0.439 e. The predicted molar refractivity (Wildman–Crippen MR) is 58.6 cm³/mol. The van der Waals surface area contributed by atoms with Gasteiger partial charge in [-0.05, 0) is 23.8 Å². The number of aromatic nitrogens is 1. The van der Waals surface area contributed by atoms with Crippen molar-refractivity contribution in [3.8, 4) is 11.6 Å². The number of nitrogens with zero attached hydrogens (tertiary/aromatic N) is 1. The van der Waals surface area contributed by atoms with Gasteiger partial charge in [0.25, 0.3) is 0 Å². The standard InChI is InChI=1S/C12H11FN2O/c13-10-3-6-12(15-8-10)16-11-4-1-9(7-14)2-5-11/h1-6,8H,7,14H2. The van der Waals surface area contributed by atoms with E-state index >= 15 is 0 Å². The molecule has 1 aromatic heterocycles. The molecule has 0 aliphatic carbocycles. The van der Waals surface area contributed by atoms with Crippen LogP contribution in [0.25, 0.3) is 0 Å². The van der Waals surface area contributed by atoms with Gasteiger partial charge in [0, 0.05) is 12.6 Å². The minimum atomic E-state index is -0.383. The Labute approximate surface area is 92.7 Å². The first-order chi connectivity index (χ1) is 7.78. The number of pyridine rings is 1. The largest absolute Gasteiger partial charge is 0.439 e. The molecule has 82 valence electrons. The number of ether oxygens (including phenoxy) is 1. The highest BCUT2D eigenvalue weighted by molar-refractivity contribution is 5.30. The van der Waals surface area contributed by atoms with Crippen molar-refractivity contribution in [2.24, 2.45) is 5.73 Å². The van der Waals surface area contributed by atoms with Gasteiger partial charge >= 0.3 is 0 Å². The van der Waals surface area contributed by atoms with Gasteiger partial charge in [0.2, 0.25) is 5.88 Å². The number of nitrogens with two attached hydrogens (primary N) is 1. The lowest BCUT2D eigenvalue weighted by molar-refractivity contribution is 0.459. The molecule has 2 aromatic rings. The van der Waals surface area contributed by atoms with E-state index in [0.29, 0.717) is 18.2 Å². The van der Waals surface area contributed by atoms with E-state index in [4.69, 9.17) is 10.5 Å². The van der Waals surface area contributed by atoms with Crippen LogP contribution in [-0.4, -0.2) is 4.98 Å². The third-order valence-corrected chi connectivity index (χ3v) is 2.08. The summed E-state index contributed by atoms with van der Waals surface area (Å²) in [6, 6.07) is 10.1. The minimum absolute atomic E-state index is 0.363. The van der Waals surface area contributed by atoms with Crippen molar-refractivity contribution < 1.29 is 9.13 Å². The highest BCUT2D eigenvalue weighted by Crippen LogP contribution is 2.19. The van der Waals surface area contributed by atoms with Gasteiger partial charge in [-0.3, -0.25) is 0 Å². The van der Waals surface area contributed by atoms with E-state index in [-0.39, 0.29) is 5.82 Å². The Morgan fingerprint density at radius 2 is 1.88 bits per heavy atom. The van der Waals surface area contributed by atoms with Gasteiger partial charge in [-0.25, -0.2) is 9.37 Å². The summed E-state index contributed by atoms with van der Waals surface area (Å²) in [4.78, 5) is 3.79. The van der Waals surface area contributed by atoms with Crippen LogP contribution in [0.4, 0.5) is 4.39 Å². The second-order valence-electron chi connectivity index (χ2n) is 3.26. The Kier molecular flexibility index (Phi) is 3.12. The number of hydrogen-bond donors (Lipinski definition) is 1. The second kappa shape index (κ2) is 4.72. The molecule has 0 saturated heterocycles. The summed E-state index contributed by atoms with van der Waals surface area (Å²) >= 11 is 0. The molecule has 16 heavy (non-hydrogen) atoms. The summed E-state index contributed by atoms with van der Waals surface area (Å²) in [6.45, 7) is 0.495. The zero-order valence-corrected chi connectivity index (χ0v) is 8.56. The van der Waals surface area contributed by atoms with Gasteiger partial charge in [0.15, 0.2) is 0 Å². The molecule has 2 N–H and O–H groups in total. The van der Waals surface area contributed by atoms with Crippen LogP contribution in [0.3, 0.4) is 0 Å². The Bertz CT molecular complexity index is 453. The van der Waals surface area contributed by atoms with Crippen LogP contribution in [0.15, 0.2) is 42.6 Å². The lowest BCUT2D eigenvalue weighted by Crippen LogP contribution is -1.95. The van der Waals surface area contributed by atoms with Gasteiger partial charge in [0.05, 0.1) is 6.20 Å². The van der Waals surface area contributed by atoms with E-state index in [9.17, 15) is 4.39 Å². The molecular formula is C12H11FN2O. The van der Waals surface area contributed by atoms with Gasteiger partial charge in [-0.2, -0.15) is 0 Å². The Morgan fingerprint density at radius 1 is 1.12 bits per heavy atom. The SMILES string of the molecule is NCc1ccc(Oc2ccc(F)cn2)cc1. The number of hydrogen-bond acceptors (Lipinski definition) is 3. The summed E-state index contributed by atoms with van der Waals surface area (Å²) in [6.07, 6.45) is 1.11. The number of benzene rings is 1. The molecule has 1 aromatic carbocycles. The first-order valence-corrected chi connectivity index (χ1v) is 4.86. The Hall–Kier alpha value is -1.94. The van der Waals surface area contributed by atoms with E-state index in [2.05, 4.69) is 4.98 Å². The third-order valence-electron chi connectivity index (χ3n) is 2.08. The van der Waals surface area contributed by atoms with E-state index in [1.165, 1.54) is 12.1 Å². The molecule has 0 unspecified atom stereocenters. The van der Waals surface area contributed by atoms with Gasteiger partial charge in [-0.15, -0.1) is 0 Å². The normalized spacial score (nSPS) is 10.1. The molecule has 0 fully saturated rings. The molecular weight excluding hydrogens is 207 g/mol. The molecule has 3 nitrogen and oxygen atoms in total. The molecule has 0 aliphatic rings. The van der Waals surface area contributed by atoms with Crippen LogP contribution in [0.2, 0.25) is 0 Å². The van der Waals surface area contributed by atoms with Crippen molar-refractivity contribution in [2.75, 3.05) is 0 Å².